The van der Waals surface area contributed by atoms with E-state index in [9.17, 15) is 14.4 Å². The Bertz CT molecular complexity index is 598. The van der Waals surface area contributed by atoms with Gasteiger partial charge in [-0.1, -0.05) is 0 Å². The first-order valence-corrected chi connectivity index (χ1v) is 7.91. The highest BCUT2D eigenvalue weighted by atomic mass is 32.1. The molecule has 1 aromatic rings. The van der Waals surface area contributed by atoms with Crippen LogP contribution < -0.4 is 10.6 Å². The molecule has 2 N–H and O–H groups in total. The molecule has 21 heavy (non-hydrogen) atoms. The second-order valence-electron chi connectivity index (χ2n) is 5.37. The van der Waals surface area contributed by atoms with Gasteiger partial charge in [0.2, 0.25) is 5.91 Å². The Labute approximate surface area is 126 Å². The van der Waals surface area contributed by atoms with E-state index in [1.807, 2.05) is 11.8 Å². The van der Waals surface area contributed by atoms with Crippen LogP contribution in [0.3, 0.4) is 0 Å². The van der Waals surface area contributed by atoms with E-state index in [0.29, 0.717) is 6.42 Å². The van der Waals surface area contributed by atoms with E-state index < -0.39 is 12.1 Å². The monoisotopic (exact) mass is 307 g/mol. The molecule has 3 rings (SSSR count). The van der Waals surface area contributed by atoms with Crippen LogP contribution in [-0.2, 0) is 16.0 Å². The van der Waals surface area contributed by atoms with E-state index >= 15 is 0 Å². The van der Waals surface area contributed by atoms with Gasteiger partial charge in [0.05, 0.1) is 6.04 Å². The number of nitrogens with zero attached hydrogens (tertiary/aromatic N) is 1. The number of carbonyl (C=O) groups excluding carboxylic acids is 3. The molecule has 1 fully saturated rings. The molecule has 0 bridgehead atoms. The first-order chi connectivity index (χ1) is 10.1. The molecular weight excluding hydrogens is 290 g/mol. The van der Waals surface area contributed by atoms with Gasteiger partial charge in [-0.3, -0.25) is 14.9 Å². The molecule has 0 aliphatic carbocycles. The van der Waals surface area contributed by atoms with Gasteiger partial charge in [0.25, 0.3) is 5.91 Å². The minimum Gasteiger partial charge on any atom is -0.336 e. The van der Waals surface area contributed by atoms with Gasteiger partial charge in [-0.15, -0.1) is 11.3 Å². The maximum Gasteiger partial charge on any atom is 0.322 e. The zero-order chi connectivity index (χ0) is 15.0. The normalized spacial score (nSPS) is 24.5. The van der Waals surface area contributed by atoms with Crippen molar-refractivity contribution in [2.24, 2.45) is 0 Å². The number of urea groups is 1. The van der Waals surface area contributed by atoms with Gasteiger partial charge in [0.1, 0.15) is 6.04 Å². The topological polar surface area (TPSA) is 78.5 Å². The van der Waals surface area contributed by atoms with Gasteiger partial charge < -0.3 is 10.2 Å². The van der Waals surface area contributed by atoms with Crippen LogP contribution in [0.1, 0.15) is 36.2 Å². The molecule has 0 radical (unpaired) electrons. The molecule has 2 aliphatic heterocycles. The van der Waals surface area contributed by atoms with Crippen molar-refractivity contribution in [2.45, 2.75) is 38.3 Å². The highest BCUT2D eigenvalue weighted by Crippen LogP contribution is 2.33. The SMILES string of the molecule is C[C@@H]1c2ccsc2CCN1C(=O)CC[C@H]1NC(=O)NC1=O. The number of nitrogens with one attached hydrogen (secondary N) is 2. The highest BCUT2D eigenvalue weighted by molar-refractivity contribution is 7.10. The summed E-state index contributed by atoms with van der Waals surface area (Å²) in [5, 5.41) is 6.75. The van der Waals surface area contributed by atoms with Crippen LogP contribution >= 0.6 is 11.3 Å². The van der Waals surface area contributed by atoms with Crippen LogP contribution in [-0.4, -0.2) is 35.3 Å². The van der Waals surface area contributed by atoms with Crippen molar-refractivity contribution in [3.8, 4) is 0 Å². The summed E-state index contributed by atoms with van der Waals surface area (Å²) < 4.78 is 0. The lowest BCUT2D eigenvalue weighted by Gasteiger charge is -2.34. The zero-order valence-electron chi connectivity index (χ0n) is 11.7. The molecular formula is C14H17N3O3S. The number of hydrogen-bond donors (Lipinski definition) is 2. The summed E-state index contributed by atoms with van der Waals surface area (Å²) in [5.74, 6) is -0.312. The fraction of sp³-hybridized carbons (Fsp3) is 0.500. The number of thiophene rings is 1. The van der Waals surface area contributed by atoms with E-state index in [1.165, 1.54) is 10.4 Å². The Hall–Kier alpha value is -1.89. The predicted molar refractivity (Wildman–Crippen MR) is 77.8 cm³/mol. The lowest BCUT2D eigenvalue weighted by atomic mass is 10.0. The van der Waals surface area contributed by atoms with E-state index in [4.69, 9.17) is 0 Å². The fourth-order valence-corrected chi connectivity index (χ4v) is 3.89. The molecule has 2 atom stereocenters. The summed E-state index contributed by atoms with van der Waals surface area (Å²) in [4.78, 5) is 38.1. The van der Waals surface area contributed by atoms with Crippen LogP contribution in [0.25, 0.3) is 0 Å². The Morgan fingerprint density at radius 1 is 1.48 bits per heavy atom. The number of fused-ring (bicyclic) bond motifs is 1. The third kappa shape index (κ3) is 2.65. The molecule has 0 aromatic carbocycles. The minimum absolute atomic E-state index is 0.0355. The summed E-state index contributed by atoms with van der Waals surface area (Å²) >= 11 is 1.74. The molecule has 0 spiro atoms. The molecule has 3 heterocycles. The molecule has 6 nitrogen and oxygen atoms in total. The summed E-state index contributed by atoms with van der Waals surface area (Å²) in [5.41, 5.74) is 1.23. The van der Waals surface area contributed by atoms with E-state index in [2.05, 4.69) is 22.1 Å². The van der Waals surface area contributed by atoms with Crippen LogP contribution in [0.4, 0.5) is 4.79 Å². The van der Waals surface area contributed by atoms with Gasteiger partial charge in [-0.05, 0) is 36.8 Å². The van der Waals surface area contributed by atoms with Crippen molar-refractivity contribution in [2.75, 3.05) is 6.54 Å². The zero-order valence-corrected chi connectivity index (χ0v) is 12.5. The van der Waals surface area contributed by atoms with E-state index in [0.717, 1.165) is 13.0 Å². The third-order valence-electron chi connectivity index (χ3n) is 4.10. The predicted octanol–water partition coefficient (Wildman–Crippen LogP) is 1.18. The van der Waals surface area contributed by atoms with Crippen molar-refractivity contribution < 1.29 is 14.4 Å². The largest absolute Gasteiger partial charge is 0.336 e. The average Bonchev–Trinajstić information content (AvgIpc) is 3.03. The Kier molecular flexibility index (Phi) is 3.67. The Balaban J connectivity index is 1.59. The number of carbonyl (C=O) groups is 3. The Morgan fingerprint density at radius 2 is 2.29 bits per heavy atom. The van der Waals surface area contributed by atoms with Crippen LogP contribution in [0.5, 0.6) is 0 Å². The summed E-state index contributed by atoms with van der Waals surface area (Å²) in [7, 11) is 0. The van der Waals surface area contributed by atoms with E-state index in [-0.39, 0.29) is 24.3 Å². The maximum absolute atomic E-state index is 12.4. The summed E-state index contributed by atoms with van der Waals surface area (Å²) in [6.45, 7) is 2.75. The first kappa shape index (κ1) is 14.1. The fourth-order valence-electron chi connectivity index (χ4n) is 2.92. The maximum atomic E-state index is 12.4. The number of hydrogen-bond acceptors (Lipinski definition) is 4. The first-order valence-electron chi connectivity index (χ1n) is 7.03. The van der Waals surface area contributed by atoms with Crippen LogP contribution in [0, 0.1) is 0 Å². The van der Waals surface area contributed by atoms with E-state index in [1.54, 1.807) is 11.3 Å². The molecule has 4 amide bonds. The number of rotatable bonds is 3. The number of imide groups is 1. The smallest absolute Gasteiger partial charge is 0.322 e. The summed E-state index contributed by atoms with van der Waals surface area (Å²) in [6, 6.07) is 1.10. The number of amides is 4. The second kappa shape index (κ2) is 5.48. The Morgan fingerprint density at radius 3 is 3.00 bits per heavy atom. The highest BCUT2D eigenvalue weighted by Gasteiger charge is 2.32. The second-order valence-corrected chi connectivity index (χ2v) is 6.37. The minimum atomic E-state index is -0.585. The van der Waals surface area contributed by atoms with Crippen molar-refractivity contribution >= 4 is 29.2 Å². The molecule has 1 saturated heterocycles. The average molecular weight is 307 g/mol. The van der Waals surface area contributed by atoms with Crippen molar-refractivity contribution in [3.63, 3.8) is 0 Å². The lowest BCUT2D eigenvalue weighted by molar-refractivity contribution is -0.134. The molecule has 0 unspecified atom stereocenters. The van der Waals surface area contributed by atoms with Crippen molar-refractivity contribution in [1.82, 2.24) is 15.5 Å². The molecule has 0 saturated carbocycles. The van der Waals surface area contributed by atoms with Gasteiger partial charge in [0, 0.05) is 17.8 Å². The van der Waals surface area contributed by atoms with Gasteiger partial charge in [-0.2, -0.15) is 0 Å². The van der Waals surface area contributed by atoms with Gasteiger partial charge in [0.15, 0.2) is 0 Å². The van der Waals surface area contributed by atoms with Crippen LogP contribution in [0.2, 0.25) is 0 Å². The third-order valence-corrected chi connectivity index (χ3v) is 5.10. The summed E-state index contributed by atoms with van der Waals surface area (Å²) in [6.07, 6.45) is 1.50. The lowest BCUT2D eigenvalue weighted by Crippen LogP contribution is -2.39. The standard InChI is InChI=1S/C14H17N3O3S/c1-8-9-5-7-21-11(9)4-6-17(8)12(18)3-2-10-13(19)16-14(20)15-10/h5,7-8,10H,2-4,6H2,1H3,(H2,15,16,19,20)/t8-,10-/m1/s1. The quantitative estimate of drug-likeness (QED) is 0.823. The molecule has 112 valence electrons. The molecule has 1 aromatic heterocycles. The van der Waals surface area contributed by atoms with Gasteiger partial charge >= 0.3 is 6.03 Å². The molecule has 7 heteroatoms. The molecule has 2 aliphatic rings. The van der Waals surface area contributed by atoms with Gasteiger partial charge in [-0.25, -0.2) is 4.79 Å². The van der Waals surface area contributed by atoms with Crippen molar-refractivity contribution in [1.29, 1.82) is 0 Å². The van der Waals surface area contributed by atoms with Crippen LogP contribution in [0.15, 0.2) is 11.4 Å². The van der Waals surface area contributed by atoms with Crippen molar-refractivity contribution in [3.05, 3.63) is 21.9 Å².